The molecule has 0 bridgehead atoms. The number of benzene rings is 2. The van der Waals surface area contributed by atoms with Gasteiger partial charge < -0.3 is 15.0 Å². The molecule has 2 saturated heterocycles. The van der Waals surface area contributed by atoms with Gasteiger partial charge >= 0.3 is 6.18 Å². The van der Waals surface area contributed by atoms with Crippen LogP contribution in [0.25, 0.3) is 0 Å². The second kappa shape index (κ2) is 9.02. The van der Waals surface area contributed by atoms with Crippen LogP contribution in [0.4, 0.5) is 17.6 Å². The van der Waals surface area contributed by atoms with Crippen LogP contribution in [-0.2, 0) is 19.9 Å². The van der Waals surface area contributed by atoms with Crippen molar-refractivity contribution in [3.63, 3.8) is 0 Å². The molecule has 4 rings (SSSR count). The summed E-state index contributed by atoms with van der Waals surface area (Å²) in [4.78, 5) is 26.8. The summed E-state index contributed by atoms with van der Waals surface area (Å²) in [5.74, 6) is -2.10. The molecule has 1 unspecified atom stereocenters. The Bertz CT molecular complexity index is 1050. The van der Waals surface area contributed by atoms with Gasteiger partial charge in [0.05, 0.1) is 0 Å². The molecular weight excluding hydrogens is 452 g/mol. The molecule has 2 aliphatic rings. The highest BCUT2D eigenvalue weighted by molar-refractivity contribution is 5.88. The van der Waals surface area contributed by atoms with Gasteiger partial charge in [-0.05, 0) is 29.9 Å². The number of carbonyl (C=O) groups is 2. The van der Waals surface area contributed by atoms with Crippen LogP contribution in [0.5, 0.6) is 0 Å². The van der Waals surface area contributed by atoms with Crippen molar-refractivity contribution < 1.29 is 31.9 Å². The first-order valence-electron chi connectivity index (χ1n) is 11.1. The third-order valence-electron chi connectivity index (χ3n) is 7.27. The molecule has 2 amide bonds. The molecular formula is C25H26F4N2O3. The van der Waals surface area contributed by atoms with Gasteiger partial charge in [0.2, 0.25) is 5.91 Å². The summed E-state index contributed by atoms with van der Waals surface area (Å²) in [6.45, 7) is 0.248. The van der Waals surface area contributed by atoms with Crippen molar-refractivity contribution in [2.75, 3.05) is 26.7 Å². The monoisotopic (exact) mass is 478 g/mol. The zero-order valence-corrected chi connectivity index (χ0v) is 18.7. The Hall–Kier alpha value is -2.94. The van der Waals surface area contributed by atoms with E-state index in [0.29, 0.717) is 5.56 Å². The lowest BCUT2D eigenvalue weighted by atomic mass is 9.62. The first-order chi connectivity index (χ1) is 16.1. The second-order valence-corrected chi connectivity index (χ2v) is 8.96. The Morgan fingerprint density at radius 3 is 2.26 bits per heavy atom. The number of likely N-dealkylation sites (tertiary alicyclic amines) is 1. The number of halogens is 4. The Kier molecular flexibility index (Phi) is 6.42. The van der Waals surface area contributed by atoms with Crippen molar-refractivity contribution in [3.05, 3.63) is 71.5 Å². The predicted octanol–water partition coefficient (Wildman–Crippen LogP) is 4.14. The molecule has 0 radical (unpaired) electrons. The molecule has 182 valence electrons. The largest absolute Gasteiger partial charge is 0.430 e. The van der Waals surface area contributed by atoms with E-state index < -0.39 is 23.1 Å². The van der Waals surface area contributed by atoms with Gasteiger partial charge in [-0.25, -0.2) is 4.39 Å². The highest BCUT2D eigenvalue weighted by Crippen LogP contribution is 2.50. The van der Waals surface area contributed by atoms with E-state index in [-0.39, 0.29) is 62.1 Å². The zero-order valence-electron chi connectivity index (χ0n) is 18.7. The van der Waals surface area contributed by atoms with Crippen LogP contribution in [0.1, 0.15) is 36.3 Å². The number of alkyl halides is 3. The molecule has 1 spiro atoms. The van der Waals surface area contributed by atoms with Crippen LogP contribution in [0.3, 0.4) is 0 Å². The maximum absolute atomic E-state index is 14.6. The molecule has 9 heteroatoms. The minimum Gasteiger partial charge on any atom is -0.356 e. The fourth-order valence-corrected chi connectivity index (χ4v) is 5.44. The number of hydrogen-bond donors (Lipinski definition) is 1. The highest BCUT2D eigenvalue weighted by atomic mass is 19.4. The van der Waals surface area contributed by atoms with Gasteiger partial charge in [-0.1, -0.05) is 48.5 Å². The molecule has 2 aliphatic heterocycles. The molecule has 1 N–H and O–H groups in total. The number of amides is 2. The summed E-state index contributed by atoms with van der Waals surface area (Å²) in [5.41, 5.74) is -3.61. The highest BCUT2D eigenvalue weighted by Gasteiger charge is 2.64. The number of piperidine rings is 2. The van der Waals surface area contributed by atoms with Crippen LogP contribution in [0.2, 0.25) is 0 Å². The number of nitrogens with zero attached hydrogens (tertiary/aromatic N) is 1. The smallest absolute Gasteiger partial charge is 0.356 e. The van der Waals surface area contributed by atoms with Gasteiger partial charge in [-0.3, -0.25) is 9.59 Å². The van der Waals surface area contributed by atoms with Gasteiger partial charge in [0.1, 0.15) is 5.82 Å². The lowest BCUT2D eigenvalue weighted by molar-refractivity contribution is -0.271. The summed E-state index contributed by atoms with van der Waals surface area (Å²) >= 11 is 0. The molecule has 5 nitrogen and oxygen atoms in total. The summed E-state index contributed by atoms with van der Waals surface area (Å²) in [7, 11) is 0.878. The van der Waals surface area contributed by atoms with Gasteiger partial charge in [0.15, 0.2) is 0 Å². The lowest BCUT2D eigenvalue weighted by Gasteiger charge is -2.50. The molecule has 34 heavy (non-hydrogen) atoms. The van der Waals surface area contributed by atoms with E-state index >= 15 is 0 Å². The van der Waals surface area contributed by atoms with Crippen molar-refractivity contribution in [1.29, 1.82) is 0 Å². The molecule has 2 heterocycles. The second-order valence-electron chi connectivity index (χ2n) is 8.96. The van der Waals surface area contributed by atoms with E-state index in [1.54, 1.807) is 24.3 Å². The van der Waals surface area contributed by atoms with Crippen molar-refractivity contribution in [1.82, 2.24) is 10.2 Å². The molecule has 2 aromatic rings. The normalized spacial score (nSPS) is 22.2. The maximum atomic E-state index is 14.6. The van der Waals surface area contributed by atoms with Crippen LogP contribution >= 0.6 is 0 Å². The topological polar surface area (TPSA) is 58.6 Å². The van der Waals surface area contributed by atoms with Gasteiger partial charge in [0.25, 0.3) is 11.5 Å². The average molecular weight is 478 g/mol. The van der Waals surface area contributed by atoms with Crippen LogP contribution in [0.15, 0.2) is 54.6 Å². The summed E-state index contributed by atoms with van der Waals surface area (Å²) in [6, 6.07) is 13.2. The van der Waals surface area contributed by atoms with Crippen molar-refractivity contribution in [2.45, 2.75) is 37.0 Å². The standard InChI is InChI=1S/C25H26F4N2O3/c1-34-24(25(27,28)29,17-7-3-2-4-8-17)22(33)31-13-11-23(12-14-31)15-21(32)30-16-19(23)18-9-5-6-10-20(18)26/h2-10,19H,11-16H2,1H3,(H,30,32)/t19?,24-/m1/s1. The Morgan fingerprint density at radius 2 is 1.68 bits per heavy atom. The minimum atomic E-state index is -4.99. The van der Waals surface area contributed by atoms with Gasteiger partial charge in [-0.15, -0.1) is 0 Å². The number of carbonyl (C=O) groups excluding carboxylic acids is 2. The first kappa shape index (κ1) is 24.2. The van der Waals surface area contributed by atoms with Crippen LogP contribution in [-0.4, -0.2) is 49.6 Å². The molecule has 0 aromatic heterocycles. The van der Waals surface area contributed by atoms with E-state index in [2.05, 4.69) is 5.32 Å². The van der Waals surface area contributed by atoms with Crippen molar-refractivity contribution >= 4 is 11.8 Å². The first-order valence-corrected chi connectivity index (χ1v) is 11.1. The number of ether oxygens (including phenoxy) is 1. The summed E-state index contributed by atoms with van der Waals surface area (Å²) in [6.07, 6.45) is -4.31. The third kappa shape index (κ3) is 3.96. The summed E-state index contributed by atoms with van der Waals surface area (Å²) < 4.78 is 62.5. The summed E-state index contributed by atoms with van der Waals surface area (Å²) in [5, 5.41) is 2.78. The molecule has 0 saturated carbocycles. The quantitative estimate of drug-likeness (QED) is 0.672. The average Bonchev–Trinajstić information content (AvgIpc) is 2.81. The fourth-order valence-electron chi connectivity index (χ4n) is 5.44. The number of hydrogen-bond acceptors (Lipinski definition) is 3. The van der Waals surface area contributed by atoms with E-state index in [1.807, 2.05) is 0 Å². The van der Waals surface area contributed by atoms with Crippen LogP contribution in [0, 0.1) is 11.2 Å². The maximum Gasteiger partial charge on any atom is 0.430 e. The van der Waals surface area contributed by atoms with E-state index in [1.165, 1.54) is 30.3 Å². The Labute approximate surface area is 195 Å². The van der Waals surface area contributed by atoms with E-state index in [4.69, 9.17) is 4.74 Å². The number of methoxy groups -OCH3 is 1. The number of nitrogens with one attached hydrogen (secondary N) is 1. The molecule has 2 atom stereocenters. The lowest BCUT2D eigenvalue weighted by Crippen LogP contribution is -2.60. The molecule has 2 fully saturated rings. The third-order valence-corrected chi connectivity index (χ3v) is 7.27. The van der Waals surface area contributed by atoms with Gasteiger partial charge in [0, 0.05) is 44.6 Å². The van der Waals surface area contributed by atoms with E-state index in [0.717, 1.165) is 12.0 Å². The van der Waals surface area contributed by atoms with Gasteiger partial charge in [-0.2, -0.15) is 13.2 Å². The predicted molar refractivity (Wildman–Crippen MR) is 116 cm³/mol. The molecule has 2 aromatic carbocycles. The Balaban J connectivity index is 1.63. The molecule has 0 aliphatic carbocycles. The van der Waals surface area contributed by atoms with Crippen LogP contribution < -0.4 is 5.32 Å². The SMILES string of the molecule is CO[C@@](C(=O)N1CCC2(CC1)CC(=O)NCC2c1ccccc1F)(c1ccccc1)C(F)(F)F. The Morgan fingerprint density at radius 1 is 1.06 bits per heavy atom. The van der Waals surface area contributed by atoms with Crippen molar-refractivity contribution in [2.24, 2.45) is 5.41 Å². The number of rotatable bonds is 4. The van der Waals surface area contributed by atoms with Crippen molar-refractivity contribution in [3.8, 4) is 0 Å². The zero-order chi connectivity index (χ0) is 24.6. The fraction of sp³-hybridized carbons (Fsp3) is 0.440. The van der Waals surface area contributed by atoms with E-state index in [9.17, 15) is 27.2 Å². The minimum absolute atomic E-state index is 0.00505.